The van der Waals surface area contributed by atoms with Crippen molar-refractivity contribution in [3.05, 3.63) is 66.6 Å². The second-order valence-corrected chi connectivity index (χ2v) is 7.92. The van der Waals surface area contributed by atoms with Crippen LogP contribution in [0.4, 0.5) is 5.69 Å². The van der Waals surface area contributed by atoms with Gasteiger partial charge in [-0.25, -0.2) is 9.67 Å². The van der Waals surface area contributed by atoms with Gasteiger partial charge in [0.25, 0.3) is 0 Å². The average molecular weight is 433 g/mol. The Labute approximate surface area is 187 Å². The molecule has 0 aliphatic heterocycles. The Morgan fingerprint density at radius 1 is 1.16 bits per heavy atom. The fraction of sp³-hybridized carbons (Fsp3) is 0.292. The van der Waals surface area contributed by atoms with Gasteiger partial charge >= 0.3 is 0 Å². The zero-order chi connectivity index (χ0) is 22.5. The summed E-state index contributed by atoms with van der Waals surface area (Å²) in [4.78, 5) is 9.11. The van der Waals surface area contributed by atoms with Crippen molar-refractivity contribution in [2.75, 3.05) is 18.5 Å². The summed E-state index contributed by atoms with van der Waals surface area (Å²) in [6.07, 6.45) is 4.77. The quantitative estimate of drug-likeness (QED) is 0.372. The summed E-state index contributed by atoms with van der Waals surface area (Å²) in [7, 11) is 0. The molecular formula is C24H28N6O2. The van der Waals surface area contributed by atoms with Crippen molar-refractivity contribution in [1.82, 2.24) is 19.7 Å². The molecule has 8 nitrogen and oxygen atoms in total. The topological polar surface area (TPSA) is 111 Å². The van der Waals surface area contributed by atoms with E-state index < -0.39 is 6.10 Å². The molecule has 166 valence electrons. The second kappa shape index (κ2) is 9.76. The van der Waals surface area contributed by atoms with Crippen LogP contribution in [-0.4, -0.2) is 44.1 Å². The van der Waals surface area contributed by atoms with Gasteiger partial charge in [0, 0.05) is 42.8 Å². The van der Waals surface area contributed by atoms with Crippen molar-refractivity contribution in [2.45, 2.75) is 32.5 Å². The van der Waals surface area contributed by atoms with Crippen LogP contribution >= 0.6 is 0 Å². The maximum atomic E-state index is 9.69. The maximum Gasteiger partial charge on any atom is 0.160 e. The molecule has 0 aliphatic rings. The fourth-order valence-corrected chi connectivity index (χ4v) is 3.40. The van der Waals surface area contributed by atoms with E-state index >= 15 is 0 Å². The Balaban J connectivity index is 1.70. The number of aliphatic hydroxyl groups is 1. The van der Waals surface area contributed by atoms with E-state index in [1.54, 1.807) is 6.20 Å². The Morgan fingerprint density at radius 3 is 2.78 bits per heavy atom. The third-order valence-corrected chi connectivity index (χ3v) is 5.11. The first-order valence-corrected chi connectivity index (χ1v) is 10.7. The molecule has 0 saturated carbocycles. The number of anilines is 1. The van der Waals surface area contributed by atoms with Crippen molar-refractivity contribution in [3.63, 3.8) is 0 Å². The number of rotatable bonds is 9. The minimum atomic E-state index is -0.697. The second-order valence-electron chi connectivity index (χ2n) is 7.92. The van der Waals surface area contributed by atoms with E-state index in [1.807, 2.05) is 59.5 Å². The van der Waals surface area contributed by atoms with E-state index in [9.17, 15) is 5.11 Å². The third-order valence-electron chi connectivity index (χ3n) is 5.11. The Morgan fingerprint density at radius 2 is 2.03 bits per heavy atom. The molecule has 0 spiro atoms. The summed E-state index contributed by atoms with van der Waals surface area (Å²) in [5.74, 6) is 0.652. The van der Waals surface area contributed by atoms with Gasteiger partial charge in [0.05, 0.1) is 17.3 Å². The molecule has 0 fully saturated rings. The van der Waals surface area contributed by atoms with Gasteiger partial charge in [0.1, 0.15) is 18.5 Å². The van der Waals surface area contributed by atoms with Crippen molar-refractivity contribution in [1.29, 1.82) is 0 Å². The molecule has 32 heavy (non-hydrogen) atoms. The fourth-order valence-electron chi connectivity index (χ4n) is 3.40. The highest BCUT2D eigenvalue weighted by Crippen LogP contribution is 2.31. The molecule has 0 radical (unpaired) electrons. The van der Waals surface area contributed by atoms with E-state index in [2.05, 4.69) is 29.2 Å². The first-order valence-electron chi connectivity index (χ1n) is 10.7. The summed E-state index contributed by atoms with van der Waals surface area (Å²) in [6.45, 7) is 5.11. The van der Waals surface area contributed by atoms with Gasteiger partial charge in [0.2, 0.25) is 0 Å². The molecular weight excluding hydrogens is 404 g/mol. The number of hydrogen-bond acceptors (Lipinski definition) is 7. The molecule has 8 heteroatoms. The molecule has 0 amide bonds. The van der Waals surface area contributed by atoms with Crippen LogP contribution < -0.4 is 15.8 Å². The van der Waals surface area contributed by atoms with Crippen molar-refractivity contribution >= 4 is 16.7 Å². The molecule has 1 atom stereocenters. The Bertz CT molecular complexity index is 1180. The van der Waals surface area contributed by atoms with E-state index in [4.69, 9.17) is 15.5 Å². The number of fused-ring (bicyclic) bond motifs is 1. The van der Waals surface area contributed by atoms with Crippen LogP contribution in [0.5, 0.6) is 5.75 Å². The lowest BCUT2D eigenvalue weighted by Gasteiger charge is -2.14. The normalized spacial score (nSPS) is 12.3. The molecule has 3 aromatic heterocycles. The molecule has 4 aromatic rings. The van der Waals surface area contributed by atoms with Crippen LogP contribution in [0.15, 0.2) is 61.1 Å². The zero-order valence-corrected chi connectivity index (χ0v) is 18.3. The van der Waals surface area contributed by atoms with Gasteiger partial charge in [-0.1, -0.05) is 18.2 Å². The number of aromatic nitrogens is 4. The van der Waals surface area contributed by atoms with Crippen LogP contribution in [0, 0.1) is 0 Å². The monoisotopic (exact) mass is 432 g/mol. The summed E-state index contributed by atoms with van der Waals surface area (Å²) < 4.78 is 7.62. The standard InChI is InChI=1S/C24H28N6O2/c1-16(2)30-24-21(14-28-30)23(27-13-17-5-4-8-26-12-17)10-22(29-24)18-6-3-7-20(9-18)32-15-19(31)11-25/h3-10,12,14,16,19,31H,11,13,15,25H2,1-2H3,(H,27,29). The molecule has 1 aromatic carbocycles. The number of nitrogens with zero attached hydrogens (tertiary/aromatic N) is 4. The summed E-state index contributed by atoms with van der Waals surface area (Å²) >= 11 is 0. The van der Waals surface area contributed by atoms with Crippen molar-refractivity contribution < 1.29 is 9.84 Å². The highest BCUT2D eigenvalue weighted by molar-refractivity contribution is 5.91. The summed E-state index contributed by atoms with van der Waals surface area (Å²) in [5, 5.41) is 18.7. The number of ether oxygens (including phenoxy) is 1. The first-order chi connectivity index (χ1) is 15.5. The van der Waals surface area contributed by atoms with Crippen LogP contribution in [0.25, 0.3) is 22.3 Å². The van der Waals surface area contributed by atoms with E-state index in [0.29, 0.717) is 12.3 Å². The third kappa shape index (κ3) is 4.87. The van der Waals surface area contributed by atoms with Gasteiger partial charge in [-0.05, 0) is 43.7 Å². The lowest BCUT2D eigenvalue weighted by molar-refractivity contribution is 0.114. The van der Waals surface area contributed by atoms with Gasteiger partial charge in [-0.2, -0.15) is 5.10 Å². The highest BCUT2D eigenvalue weighted by atomic mass is 16.5. The van der Waals surface area contributed by atoms with Crippen molar-refractivity contribution in [2.24, 2.45) is 5.73 Å². The molecule has 0 saturated heterocycles. The van der Waals surface area contributed by atoms with E-state index in [0.717, 1.165) is 33.5 Å². The van der Waals surface area contributed by atoms with Crippen molar-refractivity contribution in [3.8, 4) is 17.0 Å². The van der Waals surface area contributed by atoms with Crippen LogP contribution in [0.2, 0.25) is 0 Å². The molecule has 3 heterocycles. The summed E-state index contributed by atoms with van der Waals surface area (Å²) in [5.41, 5.74) is 10.0. The number of benzene rings is 1. The number of aliphatic hydroxyl groups excluding tert-OH is 1. The molecule has 4 N–H and O–H groups in total. The van der Waals surface area contributed by atoms with Crippen LogP contribution in [0.1, 0.15) is 25.5 Å². The SMILES string of the molecule is CC(C)n1ncc2c(NCc3cccnc3)cc(-c3cccc(OCC(O)CN)c3)nc21. The molecule has 1 unspecified atom stereocenters. The molecule has 0 aliphatic carbocycles. The summed E-state index contributed by atoms with van der Waals surface area (Å²) in [6, 6.07) is 13.8. The average Bonchev–Trinajstić information content (AvgIpc) is 3.26. The van der Waals surface area contributed by atoms with E-state index in [-0.39, 0.29) is 19.2 Å². The smallest absolute Gasteiger partial charge is 0.160 e. The predicted molar refractivity (Wildman–Crippen MR) is 125 cm³/mol. The number of hydrogen-bond donors (Lipinski definition) is 3. The first kappa shape index (κ1) is 21.7. The zero-order valence-electron chi connectivity index (χ0n) is 18.3. The maximum absolute atomic E-state index is 9.69. The minimum Gasteiger partial charge on any atom is -0.491 e. The van der Waals surface area contributed by atoms with Crippen LogP contribution in [-0.2, 0) is 6.54 Å². The lowest BCUT2D eigenvalue weighted by atomic mass is 10.1. The number of pyridine rings is 2. The van der Waals surface area contributed by atoms with Gasteiger partial charge < -0.3 is 20.9 Å². The van der Waals surface area contributed by atoms with Gasteiger partial charge in [-0.3, -0.25) is 4.98 Å². The largest absolute Gasteiger partial charge is 0.491 e. The number of nitrogens with one attached hydrogen (secondary N) is 1. The highest BCUT2D eigenvalue weighted by Gasteiger charge is 2.15. The predicted octanol–water partition coefficient (Wildman–Crippen LogP) is 3.38. The Hall–Kier alpha value is -3.49. The van der Waals surface area contributed by atoms with E-state index in [1.165, 1.54) is 0 Å². The molecule has 4 rings (SSSR count). The van der Waals surface area contributed by atoms with Crippen LogP contribution in [0.3, 0.4) is 0 Å². The Kier molecular flexibility index (Phi) is 6.63. The lowest BCUT2D eigenvalue weighted by Crippen LogP contribution is -2.26. The molecule has 0 bridgehead atoms. The minimum absolute atomic E-state index is 0.143. The van der Waals surface area contributed by atoms with Gasteiger partial charge in [0.15, 0.2) is 5.65 Å². The van der Waals surface area contributed by atoms with Gasteiger partial charge in [-0.15, -0.1) is 0 Å². The number of nitrogens with two attached hydrogens (primary N) is 1.